The minimum Gasteiger partial charge on any atom is -0.258 e. The van der Waals surface area contributed by atoms with Crippen LogP contribution in [0.1, 0.15) is 36.4 Å². The van der Waals surface area contributed by atoms with E-state index < -0.39 is 4.92 Å². The third kappa shape index (κ3) is 4.21. The van der Waals surface area contributed by atoms with E-state index in [-0.39, 0.29) is 22.7 Å². The van der Waals surface area contributed by atoms with Gasteiger partial charge in [-0.05, 0) is 36.9 Å². The summed E-state index contributed by atoms with van der Waals surface area (Å²) >= 11 is 5.55. The van der Waals surface area contributed by atoms with E-state index in [9.17, 15) is 14.5 Å². The van der Waals surface area contributed by atoms with Crippen LogP contribution in [0.4, 0.5) is 10.1 Å². The number of nitro benzene ring substituents is 1. The van der Waals surface area contributed by atoms with Gasteiger partial charge in [-0.1, -0.05) is 18.6 Å². The van der Waals surface area contributed by atoms with Crippen molar-refractivity contribution in [2.75, 3.05) is 0 Å². The molecule has 0 amide bonds. The van der Waals surface area contributed by atoms with Crippen LogP contribution in [0.2, 0.25) is 5.28 Å². The fraction of sp³-hybridized carbons (Fsp3) is 0.333. The number of nitrogens with zero attached hydrogens (tertiary/aromatic N) is 3. The molecule has 3 rings (SSSR count). The summed E-state index contributed by atoms with van der Waals surface area (Å²) in [4.78, 5) is 17.2. The summed E-state index contributed by atoms with van der Waals surface area (Å²) < 4.78 is 13.1. The molecule has 1 heterocycles. The average Bonchev–Trinajstić information content (AvgIpc) is 2.42. The van der Waals surface area contributed by atoms with Gasteiger partial charge in [0.25, 0.3) is 5.69 Å². The van der Waals surface area contributed by atoms with E-state index in [1.807, 2.05) is 13.0 Å². The van der Waals surface area contributed by atoms with E-state index in [1.54, 1.807) is 12.1 Å². The summed E-state index contributed by atoms with van der Waals surface area (Å²) in [5.41, 5.74) is 1.55. The molecule has 22 heavy (non-hydrogen) atoms. The number of nitro groups is 1. The monoisotopic (exact) mass is 323 g/mol. The van der Waals surface area contributed by atoms with Crippen LogP contribution in [0.3, 0.4) is 0 Å². The first-order valence-corrected chi connectivity index (χ1v) is 7.24. The van der Waals surface area contributed by atoms with Crippen molar-refractivity contribution in [1.82, 2.24) is 9.97 Å². The first-order valence-electron chi connectivity index (χ1n) is 6.86. The summed E-state index contributed by atoms with van der Waals surface area (Å²) in [6.07, 6.45) is 4.34. The first kappa shape index (κ1) is 16.3. The van der Waals surface area contributed by atoms with E-state index in [0.29, 0.717) is 5.69 Å². The molecule has 0 atom stereocenters. The van der Waals surface area contributed by atoms with E-state index in [4.69, 9.17) is 11.6 Å². The molecule has 0 radical (unpaired) electrons. The Hall–Kier alpha value is -2.08. The zero-order valence-corrected chi connectivity index (χ0v) is 12.8. The van der Waals surface area contributed by atoms with Gasteiger partial charge in [-0.15, -0.1) is 0 Å². The van der Waals surface area contributed by atoms with E-state index >= 15 is 0 Å². The predicted octanol–water partition coefficient (Wildman–Crippen LogP) is 4.44. The number of aromatic nitrogens is 2. The maximum Gasteiger partial charge on any atom is 0.269 e. The Bertz CT molecular complexity index is 678. The van der Waals surface area contributed by atoms with Crippen LogP contribution < -0.4 is 0 Å². The Morgan fingerprint density at radius 3 is 2.64 bits per heavy atom. The number of benzene rings is 1. The Labute approximate surface area is 132 Å². The van der Waals surface area contributed by atoms with E-state index in [1.165, 1.54) is 6.07 Å². The molecule has 1 aliphatic carbocycles. The molecule has 1 aliphatic rings. The summed E-state index contributed by atoms with van der Waals surface area (Å²) in [5.74, 6) is -0.0606. The van der Waals surface area contributed by atoms with Crippen molar-refractivity contribution in [2.24, 2.45) is 0 Å². The van der Waals surface area contributed by atoms with Crippen LogP contribution in [-0.4, -0.2) is 14.9 Å². The SMILES string of the molecule is Cc1cccc([N+](=O)[O-])c1.Fc1cnc(Cl)nc1C1CCC1. The predicted molar refractivity (Wildman–Crippen MR) is 81.4 cm³/mol. The molecule has 0 saturated heterocycles. The van der Waals surface area contributed by atoms with Gasteiger partial charge >= 0.3 is 0 Å². The topological polar surface area (TPSA) is 68.9 Å². The van der Waals surface area contributed by atoms with Gasteiger partial charge in [0.05, 0.1) is 16.8 Å². The fourth-order valence-electron chi connectivity index (χ4n) is 2.07. The summed E-state index contributed by atoms with van der Waals surface area (Å²) in [6, 6.07) is 6.52. The number of hydrogen-bond acceptors (Lipinski definition) is 4. The largest absolute Gasteiger partial charge is 0.269 e. The minimum atomic E-state index is -0.396. The maximum atomic E-state index is 13.1. The van der Waals surface area contributed by atoms with Crippen molar-refractivity contribution in [3.05, 3.63) is 62.9 Å². The van der Waals surface area contributed by atoms with Gasteiger partial charge in [0.2, 0.25) is 5.28 Å². The summed E-state index contributed by atoms with van der Waals surface area (Å²) in [7, 11) is 0. The molecule has 5 nitrogen and oxygen atoms in total. The highest BCUT2D eigenvalue weighted by Crippen LogP contribution is 2.36. The molecule has 1 fully saturated rings. The second-order valence-electron chi connectivity index (χ2n) is 5.10. The molecule has 1 aromatic heterocycles. The van der Waals surface area contributed by atoms with Gasteiger partial charge in [-0.2, -0.15) is 0 Å². The Balaban J connectivity index is 0.000000164. The van der Waals surface area contributed by atoms with E-state index in [2.05, 4.69) is 9.97 Å². The molecule has 7 heteroatoms. The molecule has 0 bridgehead atoms. The smallest absolute Gasteiger partial charge is 0.258 e. The van der Waals surface area contributed by atoms with Gasteiger partial charge in [-0.25, -0.2) is 14.4 Å². The third-order valence-corrected chi connectivity index (χ3v) is 3.63. The van der Waals surface area contributed by atoms with Gasteiger partial charge in [-0.3, -0.25) is 10.1 Å². The van der Waals surface area contributed by atoms with E-state index in [0.717, 1.165) is 31.0 Å². The molecule has 116 valence electrons. The van der Waals surface area contributed by atoms with Crippen molar-refractivity contribution in [1.29, 1.82) is 0 Å². The highest BCUT2D eigenvalue weighted by molar-refractivity contribution is 6.28. The van der Waals surface area contributed by atoms with Gasteiger partial charge in [0.1, 0.15) is 0 Å². The lowest BCUT2D eigenvalue weighted by Gasteiger charge is -2.24. The second-order valence-corrected chi connectivity index (χ2v) is 5.43. The highest BCUT2D eigenvalue weighted by Gasteiger charge is 2.24. The lowest BCUT2D eigenvalue weighted by Crippen LogP contribution is -2.13. The fourth-order valence-corrected chi connectivity index (χ4v) is 2.21. The van der Waals surface area contributed by atoms with Gasteiger partial charge in [0.15, 0.2) is 5.82 Å². The Morgan fingerprint density at radius 1 is 1.41 bits per heavy atom. The zero-order chi connectivity index (χ0) is 16.1. The lowest BCUT2D eigenvalue weighted by atomic mass is 9.83. The molecule has 0 unspecified atom stereocenters. The quantitative estimate of drug-likeness (QED) is 0.465. The number of halogens is 2. The number of aryl methyl sites for hydroxylation is 1. The summed E-state index contributed by atoms with van der Waals surface area (Å²) in [5, 5.41) is 10.3. The Morgan fingerprint density at radius 2 is 2.14 bits per heavy atom. The van der Waals surface area contributed by atoms with Crippen LogP contribution in [0.25, 0.3) is 0 Å². The van der Waals surface area contributed by atoms with Crippen LogP contribution in [0.15, 0.2) is 30.5 Å². The number of hydrogen-bond donors (Lipinski definition) is 0. The van der Waals surface area contributed by atoms with Crippen LogP contribution in [0.5, 0.6) is 0 Å². The summed E-state index contributed by atoms with van der Waals surface area (Å²) in [6.45, 7) is 1.83. The van der Waals surface area contributed by atoms with Crippen molar-refractivity contribution >= 4 is 17.3 Å². The highest BCUT2D eigenvalue weighted by atomic mass is 35.5. The van der Waals surface area contributed by atoms with Gasteiger partial charge in [0, 0.05) is 18.1 Å². The zero-order valence-electron chi connectivity index (χ0n) is 12.0. The van der Waals surface area contributed by atoms with Crippen LogP contribution in [-0.2, 0) is 0 Å². The number of rotatable bonds is 2. The molecule has 0 N–H and O–H groups in total. The lowest BCUT2D eigenvalue weighted by molar-refractivity contribution is -0.384. The average molecular weight is 324 g/mol. The second kappa shape index (κ2) is 7.26. The minimum absolute atomic E-state index is 0.137. The van der Waals surface area contributed by atoms with Crippen LogP contribution >= 0.6 is 11.6 Å². The standard InChI is InChI=1S/C8H8ClFN2.C7H7NO2/c9-8-11-4-6(10)7(12-8)5-2-1-3-5;1-6-3-2-4-7(5-6)8(9)10/h4-5H,1-3H2;2-5H,1H3. The normalized spacial score (nSPS) is 13.8. The van der Waals surface area contributed by atoms with Crippen molar-refractivity contribution in [3.63, 3.8) is 0 Å². The van der Waals surface area contributed by atoms with Crippen molar-refractivity contribution < 1.29 is 9.31 Å². The number of non-ortho nitro benzene ring substituents is 1. The third-order valence-electron chi connectivity index (χ3n) is 3.45. The molecular weight excluding hydrogens is 309 g/mol. The molecule has 0 aliphatic heterocycles. The van der Waals surface area contributed by atoms with Crippen LogP contribution in [0, 0.1) is 22.9 Å². The molecule has 2 aromatic rings. The maximum absolute atomic E-state index is 13.1. The van der Waals surface area contributed by atoms with Gasteiger partial charge < -0.3 is 0 Å². The Kier molecular flexibility index (Phi) is 5.38. The van der Waals surface area contributed by atoms with Crippen molar-refractivity contribution in [2.45, 2.75) is 32.1 Å². The molecular formula is C15H15ClFN3O2. The molecule has 1 saturated carbocycles. The molecule has 0 spiro atoms. The van der Waals surface area contributed by atoms with Crippen molar-refractivity contribution in [3.8, 4) is 0 Å². The first-order chi connectivity index (χ1) is 10.5. The molecule has 1 aromatic carbocycles.